The summed E-state index contributed by atoms with van der Waals surface area (Å²) in [6, 6.07) is 13.7. The Labute approximate surface area is 170 Å². The van der Waals surface area contributed by atoms with Gasteiger partial charge in [0.2, 0.25) is 0 Å². The molecule has 2 heterocycles. The van der Waals surface area contributed by atoms with Crippen LogP contribution in [0, 0.1) is 0 Å². The quantitative estimate of drug-likeness (QED) is 0.547. The Morgan fingerprint density at radius 2 is 2.00 bits per heavy atom. The second-order valence-electron chi connectivity index (χ2n) is 6.09. The number of amides is 1. The van der Waals surface area contributed by atoms with Gasteiger partial charge in [0.1, 0.15) is 17.5 Å². The van der Waals surface area contributed by atoms with E-state index in [0.717, 1.165) is 4.68 Å². The van der Waals surface area contributed by atoms with Gasteiger partial charge in [0.05, 0.1) is 18.5 Å². The van der Waals surface area contributed by atoms with Gasteiger partial charge < -0.3 is 4.74 Å². The number of carbonyl (C=O) groups excluding carboxylic acids is 1. The number of hydrogen-bond donors (Lipinski definition) is 1. The van der Waals surface area contributed by atoms with Gasteiger partial charge >= 0.3 is 0 Å². The van der Waals surface area contributed by atoms with Crippen LogP contribution in [0.3, 0.4) is 0 Å². The van der Waals surface area contributed by atoms with Gasteiger partial charge in [-0.05, 0) is 49.4 Å². The molecule has 0 saturated carbocycles. The highest BCUT2D eigenvalue weighted by Crippen LogP contribution is 2.17. The molecule has 1 amide bonds. The molecule has 0 aliphatic rings. The third-order valence-electron chi connectivity index (χ3n) is 4.19. The average molecular weight is 410 g/mol. The molecule has 1 N–H and O–H groups in total. The van der Waals surface area contributed by atoms with Crippen LogP contribution >= 0.6 is 11.6 Å². The van der Waals surface area contributed by atoms with Crippen molar-refractivity contribution in [2.45, 2.75) is 6.92 Å². The highest BCUT2D eigenvalue weighted by molar-refractivity contribution is 6.30. The lowest BCUT2D eigenvalue weighted by molar-refractivity contribution is 0.101. The van der Waals surface area contributed by atoms with Crippen molar-refractivity contribution in [3.05, 3.63) is 82.0 Å². The topological polar surface area (TPSA) is 91.0 Å². The summed E-state index contributed by atoms with van der Waals surface area (Å²) in [5, 5.41) is 5.04. The largest absolute Gasteiger partial charge is 0.494 e. The zero-order valence-corrected chi connectivity index (χ0v) is 16.1. The fourth-order valence-electron chi connectivity index (χ4n) is 2.83. The summed E-state index contributed by atoms with van der Waals surface area (Å²) in [7, 11) is 0. The summed E-state index contributed by atoms with van der Waals surface area (Å²) in [6.45, 7) is 2.42. The predicted molar refractivity (Wildman–Crippen MR) is 109 cm³/mol. The van der Waals surface area contributed by atoms with E-state index >= 15 is 0 Å². The molecule has 2 aromatic carbocycles. The number of nitrogens with one attached hydrogen (secondary N) is 1. The van der Waals surface area contributed by atoms with Gasteiger partial charge in [0.15, 0.2) is 5.65 Å². The minimum Gasteiger partial charge on any atom is -0.494 e. The van der Waals surface area contributed by atoms with Crippen LogP contribution in [0.1, 0.15) is 17.3 Å². The Morgan fingerprint density at radius 1 is 1.21 bits per heavy atom. The average Bonchev–Trinajstić information content (AvgIpc) is 3.16. The Kier molecular flexibility index (Phi) is 5.01. The van der Waals surface area contributed by atoms with E-state index in [-0.39, 0.29) is 5.39 Å². The van der Waals surface area contributed by atoms with E-state index in [1.54, 1.807) is 48.5 Å². The molecule has 4 aromatic rings. The Morgan fingerprint density at radius 3 is 2.72 bits per heavy atom. The number of ether oxygens (including phenoxy) is 1. The molecule has 4 rings (SSSR count). The molecule has 0 bridgehead atoms. The first kappa shape index (κ1) is 18.7. The number of aromatic nitrogens is 4. The van der Waals surface area contributed by atoms with Gasteiger partial charge in [-0.1, -0.05) is 17.7 Å². The molecular formula is C20H16ClN5O3. The number of rotatable bonds is 5. The van der Waals surface area contributed by atoms with Crippen LogP contribution in [0.5, 0.6) is 5.75 Å². The SMILES string of the molecule is CCOc1ccc(C(=O)Nn2cnc3c(cnn3-c3cccc(Cl)c3)c2=O)cc1. The first-order valence-electron chi connectivity index (χ1n) is 8.82. The van der Waals surface area contributed by atoms with Crippen LogP contribution < -0.4 is 15.7 Å². The van der Waals surface area contributed by atoms with E-state index in [1.807, 2.05) is 6.92 Å². The number of carbonyl (C=O) groups is 1. The van der Waals surface area contributed by atoms with Crippen molar-refractivity contribution in [2.75, 3.05) is 12.0 Å². The van der Waals surface area contributed by atoms with Crippen molar-refractivity contribution < 1.29 is 9.53 Å². The van der Waals surface area contributed by atoms with E-state index in [9.17, 15) is 9.59 Å². The van der Waals surface area contributed by atoms with Gasteiger partial charge in [-0.15, -0.1) is 0 Å². The third kappa shape index (κ3) is 3.70. The van der Waals surface area contributed by atoms with Gasteiger partial charge in [0.25, 0.3) is 11.5 Å². The maximum absolute atomic E-state index is 12.8. The van der Waals surface area contributed by atoms with E-state index < -0.39 is 11.5 Å². The number of fused-ring (bicyclic) bond motifs is 1. The van der Waals surface area contributed by atoms with Crippen LogP contribution in [-0.2, 0) is 0 Å². The van der Waals surface area contributed by atoms with Crippen molar-refractivity contribution in [3.63, 3.8) is 0 Å². The smallest absolute Gasteiger partial charge is 0.283 e. The standard InChI is InChI=1S/C20H16ClN5O3/c1-2-29-16-8-6-13(7-9-16)19(27)24-25-12-22-18-17(20(25)28)11-23-26(18)15-5-3-4-14(21)10-15/h3-12H,2H2,1H3,(H,24,27). The normalized spacial score (nSPS) is 10.8. The fourth-order valence-corrected chi connectivity index (χ4v) is 3.02. The van der Waals surface area contributed by atoms with Crippen LogP contribution in [0.2, 0.25) is 5.02 Å². The summed E-state index contributed by atoms with van der Waals surface area (Å²) < 4.78 is 7.91. The number of benzene rings is 2. The zero-order chi connectivity index (χ0) is 20.4. The molecule has 29 heavy (non-hydrogen) atoms. The predicted octanol–water partition coefficient (Wildman–Crippen LogP) is 3.02. The van der Waals surface area contributed by atoms with Crippen molar-refractivity contribution >= 4 is 28.5 Å². The lowest BCUT2D eigenvalue weighted by Gasteiger charge is -2.09. The first-order chi connectivity index (χ1) is 14.1. The molecule has 0 radical (unpaired) electrons. The summed E-state index contributed by atoms with van der Waals surface area (Å²) in [5.41, 5.74) is 3.52. The summed E-state index contributed by atoms with van der Waals surface area (Å²) in [4.78, 5) is 29.5. The lowest BCUT2D eigenvalue weighted by atomic mass is 10.2. The summed E-state index contributed by atoms with van der Waals surface area (Å²) >= 11 is 6.03. The second-order valence-corrected chi connectivity index (χ2v) is 6.53. The first-order valence-corrected chi connectivity index (χ1v) is 9.20. The molecule has 2 aromatic heterocycles. The molecule has 0 fully saturated rings. The molecular weight excluding hydrogens is 394 g/mol. The Hall–Kier alpha value is -3.65. The van der Waals surface area contributed by atoms with Gasteiger partial charge in [0, 0.05) is 10.6 Å². The van der Waals surface area contributed by atoms with Crippen molar-refractivity contribution in [1.29, 1.82) is 0 Å². The molecule has 9 heteroatoms. The molecule has 0 aliphatic heterocycles. The van der Waals surface area contributed by atoms with Crippen molar-refractivity contribution in [2.24, 2.45) is 0 Å². The van der Waals surface area contributed by atoms with E-state index in [2.05, 4.69) is 15.5 Å². The van der Waals surface area contributed by atoms with Crippen LogP contribution in [0.25, 0.3) is 16.7 Å². The minimum atomic E-state index is -0.446. The maximum Gasteiger partial charge on any atom is 0.283 e. The molecule has 8 nitrogen and oxygen atoms in total. The fraction of sp³-hybridized carbons (Fsp3) is 0.100. The van der Waals surface area contributed by atoms with Gasteiger partial charge in [-0.25, -0.2) is 14.3 Å². The van der Waals surface area contributed by atoms with E-state index in [1.165, 1.54) is 17.2 Å². The Balaban J connectivity index is 1.63. The lowest BCUT2D eigenvalue weighted by Crippen LogP contribution is -2.33. The van der Waals surface area contributed by atoms with Crippen LogP contribution in [0.15, 0.2) is 65.8 Å². The summed E-state index contributed by atoms with van der Waals surface area (Å²) in [6.07, 6.45) is 2.66. The maximum atomic E-state index is 12.8. The number of hydrogen-bond acceptors (Lipinski definition) is 5. The third-order valence-corrected chi connectivity index (χ3v) is 4.43. The van der Waals surface area contributed by atoms with E-state index in [4.69, 9.17) is 16.3 Å². The molecule has 0 unspecified atom stereocenters. The minimum absolute atomic E-state index is 0.263. The molecule has 0 atom stereocenters. The Bertz CT molecular complexity index is 1250. The van der Waals surface area contributed by atoms with Crippen LogP contribution in [0.4, 0.5) is 0 Å². The summed E-state index contributed by atoms with van der Waals surface area (Å²) in [5.74, 6) is 0.219. The van der Waals surface area contributed by atoms with Crippen LogP contribution in [-0.4, -0.2) is 32.0 Å². The highest BCUT2D eigenvalue weighted by Gasteiger charge is 2.14. The molecule has 146 valence electrons. The van der Waals surface area contributed by atoms with Crippen molar-refractivity contribution in [3.8, 4) is 11.4 Å². The van der Waals surface area contributed by atoms with Crippen molar-refractivity contribution in [1.82, 2.24) is 19.4 Å². The van der Waals surface area contributed by atoms with E-state index in [0.29, 0.717) is 34.3 Å². The second kappa shape index (κ2) is 7.76. The highest BCUT2D eigenvalue weighted by atomic mass is 35.5. The van der Waals surface area contributed by atoms with Gasteiger partial charge in [-0.2, -0.15) is 5.10 Å². The monoisotopic (exact) mass is 409 g/mol. The zero-order valence-electron chi connectivity index (χ0n) is 15.4. The number of halogens is 1. The molecule has 0 aliphatic carbocycles. The molecule has 0 saturated heterocycles. The molecule has 0 spiro atoms. The number of nitrogens with zero attached hydrogens (tertiary/aromatic N) is 4. The van der Waals surface area contributed by atoms with Gasteiger partial charge in [-0.3, -0.25) is 15.0 Å².